The molecule has 0 aromatic rings. The van der Waals surface area contributed by atoms with E-state index in [-0.39, 0.29) is 23.4 Å². The molecule has 0 aromatic carbocycles. The zero-order chi connectivity index (χ0) is 10.2. The van der Waals surface area contributed by atoms with E-state index in [9.17, 15) is 4.79 Å². The standard InChI is InChI=1S/C10H18O3/c1-6(2)13-5-7-8(9(11)12)10(7,3)4/h6-8H,5H2,1-4H3,(H,11,12)/t7-,8+/m1/s1. The fraction of sp³-hybridized carbons (Fsp3) is 0.900. The monoisotopic (exact) mass is 186 g/mol. The Hall–Kier alpha value is -0.570. The molecule has 1 saturated carbocycles. The molecule has 0 heterocycles. The predicted molar refractivity (Wildman–Crippen MR) is 49.5 cm³/mol. The lowest BCUT2D eigenvalue weighted by atomic mass is 10.1. The van der Waals surface area contributed by atoms with E-state index in [0.717, 1.165) is 0 Å². The maximum Gasteiger partial charge on any atom is 0.307 e. The van der Waals surface area contributed by atoms with Gasteiger partial charge in [0.2, 0.25) is 0 Å². The number of aliphatic carboxylic acids is 1. The molecular formula is C10H18O3. The van der Waals surface area contributed by atoms with Crippen molar-refractivity contribution in [1.29, 1.82) is 0 Å². The van der Waals surface area contributed by atoms with Crippen molar-refractivity contribution >= 4 is 5.97 Å². The van der Waals surface area contributed by atoms with Gasteiger partial charge >= 0.3 is 5.97 Å². The molecule has 0 bridgehead atoms. The summed E-state index contributed by atoms with van der Waals surface area (Å²) < 4.78 is 5.42. The molecule has 76 valence electrons. The Morgan fingerprint density at radius 2 is 2.08 bits per heavy atom. The van der Waals surface area contributed by atoms with Gasteiger partial charge in [-0.1, -0.05) is 13.8 Å². The first-order valence-electron chi connectivity index (χ1n) is 4.71. The Kier molecular flexibility index (Phi) is 2.66. The van der Waals surface area contributed by atoms with Crippen molar-refractivity contribution in [3.05, 3.63) is 0 Å². The second kappa shape index (κ2) is 3.29. The molecule has 0 unspecified atom stereocenters. The maximum absolute atomic E-state index is 10.8. The molecule has 13 heavy (non-hydrogen) atoms. The molecule has 0 aromatic heterocycles. The van der Waals surface area contributed by atoms with Crippen LogP contribution in [0.1, 0.15) is 27.7 Å². The summed E-state index contributed by atoms with van der Waals surface area (Å²) in [6.45, 7) is 8.47. The van der Waals surface area contributed by atoms with Crippen molar-refractivity contribution in [2.24, 2.45) is 17.3 Å². The summed E-state index contributed by atoms with van der Waals surface area (Å²) in [5.74, 6) is -0.721. The lowest BCUT2D eigenvalue weighted by molar-refractivity contribution is -0.139. The molecule has 1 aliphatic rings. The molecule has 1 fully saturated rings. The summed E-state index contributed by atoms with van der Waals surface area (Å²) in [5.41, 5.74) is -0.0826. The molecule has 3 nitrogen and oxygen atoms in total. The van der Waals surface area contributed by atoms with Crippen LogP contribution in [0.25, 0.3) is 0 Å². The van der Waals surface area contributed by atoms with Gasteiger partial charge in [-0.2, -0.15) is 0 Å². The molecule has 1 N–H and O–H groups in total. The first kappa shape index (κ1) is 10.5. The Morgan fingerprint density at radius 3 is 2.38 bits per heavy atom. The van der Waals surface area contributed by atoms with Crippen molar-refractivity contribution in [1.82, 2.24) is 0 Å². The third-order valence-electron chi connectivity index (χ3n) is 2.93. The van der Waals surface area contributed by atoms with Gasteiger partial charge in [0.1, 0.15) is 0 Å². The first-order valence-corrected chi connectivity index (χ1v) is 4.71. The van der Waals surface area contributed by atoms with Crippen LogP contribution in [0.5, 0.6) is 0 Å². The van der Waals surface area contributed by atoms with Crippen LogP contribution in [-0.2, 0) is 9.53 Å². The molecular weight excluding hydrogens is 168 g/mol. The summed E-state index contributed by atoms with van der Waals surface area (Å²) >= 11 is 0. The van der Waals surface area contributed by atoms with Gasteiger partial charge in [-0.05, 0) is 19.3 Å². The quantitative estimate of drug-likeness (QED) is 0.727. The molecule has 0 aliphatic heterocycles. The third kappa shape index (κ3) is 2.02. The van der Waals surface area contributed by atoms with Crippen molar-refractivity contribution < 1.29 is 14.6 Å². The van der Waals surface area contributed by atoms with E-state index in [4.69, 9.17) is 9.84 Å². The van der Waals surface area contributed by atoms with Gasteiger partial charge in [-0.3, -0.25) is 4.79 Å². The van der Waals surface area contributed by atoms with E-state index in [1.54, 1.807) is 0 Å². The summed E-state index contributed by atoms with van der Waals surface area (Å²) in [5, 5.41) is 8.87. The zero-order valence-electron chi connectivity index (χ0n) is 8.70. The normalized spacial score (nSPS) is 30.5. The van der Waals surface area contributed by atoms with Crippen LogP contribution in [-0.4, -0.2) is 23.8 Å². The van der Waals surface area contributed by atoms with Crippen LogP contribution in [0, 0.1) is 17.3 Å². The van der Waals surface area contributed by atoms with Crippen molar-refractivity contribution in [3.8, 4) is 0 Å². The van der Waals surface area contributed by atoms with Crippen molar-refractivity contribution in [2.45, 2.75) is 33.8 Å². The highest BCUT2D eigenvalue weighted by atomic mass is 16.5. The summed E-state index contributed by atoms with van der Waals surface area (Å²) in [6.07, 6.45) is 0.186. The minimum absolute atomic E-state index is 0.0826. The van der Waals surface area contributed by atoms with Crippen LogP contribution in [0.15, 0.2) is 0 Å². The van der Waals surface area contributed by atoms with E-state index in [1.807, 2.05) is 27.7 Å². The Balaban J connectivity index is 2.42. The van der Waals surface area contributed by atoms with Crippen LogP contribution in [0.4, 0.5) is 0 Å². The minimum Gasteiger partial charge on any atom is -0.481 e. The van der Waals surface area contributed by atoms with Gasteiger partial charge in [-0.25, -0.2) is 0 Å². The summed E-state index contributed by atoms with van der Waals surface area (Å²) in [6, 6.07) is 0. The van der Waals surface area contributed by atoms with E-state index >= 15 is 0 Å². The maximum atomic E-state index is 10.8. The fourth-order valence-corrected chi connectivity index (χ4v) is 1.84. The largest absolute Gasteiger partial charge is 0.481 e. The summed E-state index contributed by atoms with van der Waals surface area (Å²) in [4.78, 5) is 10.8. The Bertz CT molecular complexity index is 208. The number of rotatable bonds is 4. The van der Waals surface area contributed by atoms with Gasteiger partial charge in [0.15, 0.2) is 0 Å². The first-order chi connectivity index (χ1) is 5.87. The fourth-order valence-electron chi connectivity index (χ4n) is 1.84. The average molecular weight is 186 g/mol. The number of ether oxygens (including phenoxy) is 1. The minimum atomic E-state index is -0.692. The van der Waals surface area contributed by atoms with Crippen LogP contribution >= 0.6 is 0 Å². The van der Waals surface area contributed by atoms with E-state index in [0.29, 0.717) is 6.61 Å². The van der Waals surface area contributed by atoms with Crippen LogP contribution in [0.2, 0.25) is 0 Å². The molecule has 1 aliphatic carbocycles. The average Bonchev–Trinajstić information content (AvgIpc) is 2.48. The van der Waals surface area contributed by atoms with Gasteiger partial charge < -0.3 is 9.84 Å². The highest BCUT2D eigenvalue weighted by Crippen LogP contribution is 2.58. The smallest absolute Gasteiger partial charge is 0.307 e. The molecule has 0 amide bonds. The lowest BCUT2D eigenvalue weighted by Crippen LogP contribution is -2.08. The number of carbonyl (C=O) groups is 1. The van der Waals surface area contributed by atoms with E-state index < -0.39 is 5.97 Å². The van der Waals surface area contributed by atoms with Crippen LogP contribution < -0.4 is 0 Å². The van der Waals surface area contributed by atoms with Gasteiger partial charge in [-0.15, -0.1) is 0 Å². The summed E-state index contributed by atoms with van der Waals surface area (Å²) in [7, 11) is 0. The SMILES string of the molecule is CC(C)OC[C@@H]1[C@@H](C(=O)O)C1(C)C. The Labute approximate surface area is 79.1 Å². The van der Waals surface area contributed by atoms with Gasteiger partial charge in [0.05, 0.1) is 18.6 Å². The number of carboxylic acids is 1. The molecule has 2 atom stereocenters. The molecule has 0 spiro atoms. The van der Waals surface area contributed by atoms with Gasteiger partial charge in [0, 0.05) is 5.92 Å². The number of hydrogen-bond donors (Lipinski definition) is 1. The molecule has 3 heteroatoms. The lowest BCUT2D eigenvalue weighted by Gasteiger charge is -2.07. The van der Waals surface area contributed by atoms with Gasteiger partial charge in [0.25, 0.3) is 0 Å². The molecule has 0 saturated heterocycles. The second-order valence-electron chi connectivity index (χ2n) is 4.63. The zero-order valence-corrected chi connectivity index (χ0v) is 8.70. The van der Waals surface area contributed by atoms with E-state index in [2.05, 4.69) is 0 Å². The topological polar surface area (TPSA) is 46.5 Å². The molecule has 1 rings (SSSR count). The number of carboxylic acid groups (broad SMARTS) is 1. The predicted octanol–water partition coefficient (Wildman–Crippen LogP) is 1.77. The highest BCUT2D eigenvalue weighted by Gasteiger charge is 2.62. The van der Waals surface area contributed by atoms with E-state index in [1.165, 1.54) is 0 Å². The van der Waals surface area contributed by atoms with Crippen LogP contribution in [0.3, 0.4) is 0 Å². The third-order valence-corrected chi connectivity index (χ3v) is 2.93. The second-order valence-corrected chi connectivity index (χ2v) is 4.63. The highest BCUT2D eigenvalue weighted by molar-refractivity contribution is 5.75. The molecule has 0 radical (unpaired) electrons. The van der Waals surface area contributed by atoms with Crippen molar-refractivity contribution in [3.63, 3.8) is 0 Å². The number of hydrogen-bond acceptors (Lipinski definition) is 2. The van der Waals surface area contributed by atoms with Crippen molar-refractivity contribution in [2.75, 3.05) is 6.61 Å². The Morgan fingerprint density at radius 1 is 1.54 bits per heavy atom.